The van der Waals surface area contributed by atoms with E-state index < -0.39 is 0 Å². The zero-order valence-electron chi connectivity index (χ0n) is 17.9. The van der Waals surface area contributed by atoms with Gasteiger partial charge in [0.2, 0.25) is 0 Å². The Morgan fingerprint density at radius 2 is 1.71 bits per heavy atom. The van der Waals surface area contributed by atoms with Gasteiger partial charge in [-0.3, -0.25) is 4.79 Å². The number of methoxy groups -OCH3 is 1. The summed E-state index contributed by atoms with van der Waals surface area (Å²) in [5.41, 5.74) is 6.28. The van der Waals surface area contributed by atoms with Crippen LogP contribution >= 0.6 is 0 Å². The first-order chi connectivity index (χ1) is 15.2. The monoisotopic (exact) mass is 410 g/mol. The SMILES string of the molecule is CCCCN1C(=O)c2ccccc2C1c1c(-c2ccc(OC)cc2)[nH]c2ccccc12. The van der Waals surface area contributed by atoms with Crippen LogP contribution in [0.15, 0.2) is 72.8 Å². The molecule has 0 spiro atoms. The molecule has 1 N–H and O–H groups in total. The number of para-hydroxylation sites is 1. The Balaban J connectivity index is 1.75. The number of rotatable bonds is 6. The fourth-order valence-electron chi connectivity index (χ4n) is 4.67. The summed E-state index contributed by atoms with van der Waals surface area (Å²) in [7, 11) is 1.68. The van der Waals surface area contributed by atoms with E-state index >= 15 is 0 Å². The Morgan fingerprint density at radius 1 is 0.968 bits per heavy atom. The molecule has 3 aromatic carbocycles. The molecule has 0 aliphatic carbocycles. The number of carbonyl (C=O) groups excluding carboxylic acids is 1. The van der Waals surface area contributed by atoms with Gasteiger partial charge in [-0.15, -0.1) is 0 Å². The minimum Gasteiger partial charge on any atom is -0.497 e. The van der Waals surface area contributed by atoms with Gasteiger partial charge in [-0.1, -0.05) is 49.7 Å². The van der Waals surface area contributed by atoms with Crippen molar-refractivity contribution < 1.29 is 9.53 Å². The number of carbonyl (C=O) groups is 1. The lowest BCUT2D eigenvalue weighted by molar-refractivity contribution is 0.0748. The second kappa shape index (κ2) is 7.95. The highest BCUT2D eigenvalue weighted by Gasteiger charge is 2.39. The molecule has 0 fully saturated rings. The molecule has 0 radical (unpaired) electrons. The maximum Gasteiger partial charge on any atom is 0.255 e. The van der Waals surface area contributed by atoms with Gasteiger partial charge in [0.05, 0.1) is 18.8 Å². The molecule has 0 saturated heterocycles. The number of amides is 1. The van der Waals surface area contributed by atoms with E-state index in [2.05, 4.69) is 53.2 Å². The molecule has 156 valence electrons. The van der Waals surface area contributed by atoms with Crippen molar-refractivity contribution in [3.8, 4) is 17.0 Å². The molecule has 1 atom stereocenters. The van der Waals surface area contributed by atoms with E-state index in [1.54, 1.807) is 7.11 Å². The van der Waals surface area contributed by atoms with Crippen LogP contribution in [0.4, 0.5) is 0 Å². The van der Waals surface area contributed by atoms with E-state index in [9.17, 15) is 4.79 Å². The first kappa shape index (κ1) is 19.4. The van der Waals surface area contributed by atoms with E-state index in [0.717, 1.165) is 64.0 Å². The average Bonchev–Trinajstić information content (AvgIpc) is 3.33. The third kappa shape index (κ3) is 3.19. The number of nitrogens with one attached hydrogen (secondary N) is 1. The molecule has 2 heterocycles. The van der Waals surface area contributed by atoms with Crippen LogP contribution < -0.4 is 4.74 Å². The standard InChI is InChI=1S/C27H26N2O2/c1-3-4-17-29-26(20-9-5-6-10-21(20)27(29)30)24-22-11-7-8-12-23(22)28-25(24)18-13-15-19(31-2)16-14-18/h5-16,26,28H,3-4,17H2,1-2H3. The largest absolute Gasteiger partial charge is 0.497 e. The first-order valence-corrected chi connectivity index (χ1v) is 10.9. The van der Waals surface area contributed by atoms with Crippen LogP contribution in [-0.2, 0) is 0 Å². The number of benzene rings is 3. The number of fused-ring (bicyclic) bond motifs is 2. The smallest absolute Gasteiger partial charge is 0.255 e. The van der Waals surface area contributed by atoms with Crippen LogP contribution in [-0.4, -0.2) is 29.4 Å². The van der Waals surface area contributed by atoms with Crippen LogP contribution in [0.25, 0.3) is 22.2 Å². The second-order valence-corrected chi connectivity index (χ2v) is 8.03. The molecule has 0 bridgehead atoms. The van der Waals surface area contributed by atoms with Gasteiger partial charge in [-0.25, -0.2) is 0 Å². The van der Waals surface area contributed by atoms with E-state index in [1.807, 2.05) is 36.4 Å². The molecule has 0 saturated carbocycles. The highest BCUT2D eigenvalue weighted by Crippen LogP contribution is 2.45. The van der Waals surface area contributed by atoms with E-state index in [-0.39, 0.29) is 11.9 Å². The molecule has 1 aliphatic rings. The number of hydrogen-bond acceptors (Lipinski definition) is 2. The number of ether oxygens (including phenoxy) is 1. The molecule has 5 rings (SSSR count). The van der Waals surface area contributed by atoms with Gasteiger partial charge < -0.3 is 14.6 Å². The van der Waals surface area contributed by atoms with Crippen LogP contribution in [0.5, 0.6) is 5.75 Å². The molecule has 31 heavy (non-hydrogen) atoms. The van der Waals surface area contributed by atoms with Gasteiger partial charge in [0.15, 0.2) is 0 Å². The normalized spacial score (nSPS) is 15.5. The minimum atomic E-state index is -0.108. The van der Waals surface area contributed by atoms with Crippen molar-refractivity contribution in [1.29, 1.82) is 0 Å². The second-order valence-electron chi connectivity index (χ2n) is 8.03. The van der Waals surface area contributed by atoms with Crippen molar-refractivity contribution in [3.05, 3.63) is 89.5 Å². The zero-order valence-corrected chi connectivity index (χ0v) is 17.9. The molecule has 1 unspecified atom stereocenters. The van der Waals surface area contributed by atoms with E-state index in [4.69, 9.17) is 4.74 Å². The Morgan fingerprint density at radius 3 is 2.48 bits per heavy atom. The number of unbranched alkanes of at least 4 members (excludes halogenated alkanes) is 1. The average molecular weight is 411 g/mol. The Bertz CT molecular complexity index is 1240. The first-order valence-electron chi connectivity index (χ1n) is 10.9. The molecule has 1 amide bonds. The van der Waals surface area contributed by atoms with Crippen LogP contribution in [0.1, 0.15) is 47.3 Å². The highest BCUT2D eigenvalue weighted by atomic mass is 16.5. The fourth-order valence-corrected chi connectivity index (χ4v) is 4.67. The molecular weight excluding hydrogens is 384 g/mol. The number of hydrogen-bond donors (Lipinski definition) is 1. The summed E-state index contributed by atoms with van der Waals surface area (Å²) >= 11 is 0. The van der Waals surface area contributed by atoms with Gasteiger partial charge in [0.25, 0.3) is 5.91 Å². The maximum atomic E-state index is 13.4. The summed E-state index contributed by atoms with van der Waals surface area (Å²) < 4.78 is 5.35. The van der Waals surface area contributed by atoms with E-state index in [1.165, 1.54) is 0 Å². The zero-order chi connectivity index (χ0) is 21.4. The molecule has 4 nitrogen and oxygen atoms in total. The molecule has 4 aromatic rings. The maximum absolute atomic E-state index is 13.4. The number of nitrogens with zero attached hydrogens (tertiary/aromatic N) is 1. The number of aromatic amines is 1. The third-order valence-electron chi connectivity index (χ3n) is 6.21. The summed E-state index contributed by atoms with van der Waals surface area (Å²) in [6.45, 7) is 2.91. The van der Waals surface area contributed by atoms with Crippen molar-refractivity contribution in [3.63, 3.8) is 0 Å². The summed E-state index contributed by atoms with van der Waals surface area (Å²) in [5, 5.41) is 1.16. The van der Waals surface area contributed by atoms with Gasteiger partial charge in [-0.2, -0.15) is 0 Å². The van der Waals surface area contributed by atoms with Crippen LogP contribution in [0, 0.1) is 0 Å². The quantitative estimate of drug-likeness (QED) is 0.412. The van der Waals surface area contributed by atoms with Crippen LogP contribution in [0.2, 0.25) is 0 Å². The van der Waals surface area contributed by atoms with Crippen molar-refractivity contribution in [2.75, 3.05) is 13.7 Å². The molecular formula is C27H26N2O2. The molecule has 1 aliphatic heterocycles. The van der Waals surface area contributed by atoms with E-state index in [0.29, 0.717) is 0 Å². The van der Waals surface area contributed by atoms with Gasteiger partial charge in [-0.05, 0) is 53.9 Å². The topological polar surface area (TPSA) is 45.3 Å². The third-order valence-corrected chi connectivity index (χ3v) is 6.21. The van der Waals surface area contributed by atoms with Gasteiger partial charge in [0, 0.05) is 28.6 Å². The predicted octanol–water partition coefficient (Wildman–Crippen LogP) is 6.19. The van der Waals surface area contributed by atoms with Crippen molar-refractivity contribution in [1.82, 2.24) is 9.88 Å². The van der Waals surface area contributed by atoms with Crippen molar-refractivity contribution >= 4 is 16.8 Å². The highest BCUT2D eigenvalue weighted by molar-refractivity contribution is 6.02. The number of H-pyrrole nitrogens is 1. The number of aromatic nitrogens is 1. The lowest BCUT2D eigenvalue weighted by Crippen LogP contribution is -2.30. The molecule has 1 aromatic heterocycles. The lowest BCUT2D eigenvalue weighted by Gasteiger charge is -2.26. The van der Waals surface area contributed by atoms with Gasteiger partial charge >= 0.3 is 0 Å². The minimum absolute atomic E-state index is 0.108. The lowest BCUT2D eigenvalue weighted by atomic mass is 9.93. The van der Waals surface area contributed by atoms with Gasteiger partial charge in [0.1, 0.15) is 5.75 Å². The molecule has 4 heteroatoms. The predicted molar refractivity (Wildman–Crippen MR) is 125 cm³/mol. The Labute approximate surface area is 182 Å². The van der Waals surface area contributed by atoms with Crippen LogP contribution in [0.3, 0.4) is 0 Å². The summed E-state index contributed by atoms with van der Waals surface area (Å²) in [6, 6.07) is 24.4. The van der Waals surface area contributed by atoms with Crippen molar-refractivity contribution in [2.45, 2.75) is 25.8 Å². The fraction of sp³-hybridized carbons (Fsp3) is 0.222. The Hall–Kier alpha value is -3.53. The summed E-state index contributed by atoms with van der Waals surface area (Å²) in [5.74, 6) is 0.951. The summed E-state index contributed by atoms with van der Waals surface area (Å²) in [4.78, 5) is 19.1. The Kier molecular flexibility index (Phi) is 4.99. The summed E-state index contributed by atoms with van der Waals surface area (Å²) in [6.07, 6.45) is 2.03. The van der Waals surface area contributed by atoms with Crippen molar-refractivity contribution in [2.24, 2.45) is 0 Å².